The number of rotatable bonds is 12. The molecule has 1 fully saturated rings. The quantitative estimate of drug-likeness (QED) is 0.0871. The smallest absolute Gasteiger partial charge is 0.255 e. The molecule has 1 amide bonds. The Balaban J connectivity index is 0.000000111. The summed E-state index contributed by atoms with van der Waals surface area (Å²) >= 11 is 12.4. The Bertz CT molecular complexity index is 7360. The highest BCUT2D eigenvalue weighted by Gasteiger charge is 2.27. The molecule has 1 aliphatic rings. The molecule has 26 heteroatoms. The molecule has 1 aliphatic carbocycles. The number of aromatic nitrogens is 11. The fourth-order valence-corrected chi connectivity index (χ4v) is 18.0. The van der Waals surface area contributed by atoms with E-state index in [0.717, 1.165) is 158 Å². The first-order valence-corrected chi connectivity index (χ1v) is 43.3. The van der Waals surface area contributed by atoms with Crippen LogP contribution in [0.4, 0.5) is 30.7 Å². The van der Waals surface area contributed by atoms with Crippen LogP contribution in [0.5, 0.6) is 0 Å². The zero-order valence-electron chi connectivity index (χ0n) is 66.4. The lowest BCUT2D eigenvalue weighted by Gasteiger charge is -2.29. The molecule has 1 saturated carbocycles. The second kappa shape index (κ2) is 37.5. The SMILES string of the molecule is Cc1cc(-c2ncccc2-c2ccn3ncc(C(=O)N[C@H]4CCCC[C@@H]4N)c3c2)ccc1F.Cc1ccc(F)c(-c2ncccc2-c2ccc3ncsc3c2)c1.Clc1cccc(-c2ncccc2-c2ccc3ncsc3c2)c1.Fc1cc(-c2ncccc2-c2ccc3ncsc3c2)cc(F)c1F.Fc1ccc(-c2ncccc2-c2ccc3ncsc3c2)c(F)c1. The van der Waals surface area contributed by atoms with Crippen LogP contribution >= 0.6 is 56.9 Å². The number of fused-ring (bicyclic) bond motifs is 5. The van der Waals surface area contributed by atoms with Gasteiger partial charge in [0.05, 0.1) is 109 Å². The van der Waals surface area contributed by atoms with Crippen molar-refractivity contribution >= 4 is 109 Å². The maximum atomic E-state index is 14.3. The molecular weight excluding hydrogens is 1680 g/mol. The molecular formula is C99H69ClF7N13OS4. The molecule has 21 rings (SSSR count). The monoisotopic (exact) mass is 1750 g/mol. The van der Waals surface area contributed by atoms with Crippen molar-refractivity contribution < 1.29 is 35.5 Å². The van der Waals surface area contributed by atoms with Gasteiger partial charge < -0.3 is 11.1 Å². The number of thiazole rings is 4. The van der Waals surface area contributed by atoms with Gasteiger partial charge in [0.1, 0.15) is 23.3 Å². The molecule has 11 aromatic heterocycles. The summed E-state index contributed by atoms with van der Waals surface area (Å²) in [5.74, 6) is -5.84. The van der Waals surface area contributed by atoms with Crippen molar-refractivity contribution in [1.82, 2.24) is 59.8 Å². The topological polar surface area (TPSA) is 188 Å². The first-order valence-electron chi connectivity index (χ1n) is 39.4. The van der Waals surface area contributed by atoms with E-state index in [4.69, 9.17) is 17.3 Å². The van der Waals surface area contributed by atoms with E-state index in [1.807, 2.05) is 164 Å². The number of carbonyl (C=O) groups is 1. The van der Waals surface area contributed by atoms with Gasteiger partial charge in [-0.15, -0.1) is 45.3 Å². The third-order valence-electron chi connectivity index (χ3n) is 21.2. The highest BCUT2D eigenvalue weighted by molar-refractivity contribution is 7.17. The van der Waals surface area contributed by atoms with E-state index in [9.17, 15) is 35.5 Å². The number of hydrogen-bond acceptors (Lipinski definition) is 16. The van der Waals surface area contributed by atoms with Gasteiger partial charge in [-0.1, -0.05) is 103 Å². The van der Waals surface area contributed by atoms with E-state index in [1.54, 1.807) is 112 Å². The molecule has 11 heterocycles. The van der Waals surface area contributed by atoms with E-state index in [-0.39, 0.29) is 40.8 Å². The summed E-state index contributed by atoms with van der Waals surface area (Å²) in [6.45, 7) is 3.69. The van der Waals surface area contributed by atoms with Crippen LogP contribution in [0.2, 0.25) is 5.02 Å². The van der Waals surface area contributed by atoms with Crippen LogP contribution in [-0.2, 0) is 0 Å². The fourth-order valence-electron chi connectivity index (χ4n) is 14.9. The number of benzene rings is 9. The second-order valence-corrected chi connectivity index (χ2v) is 33.3. The predicted molar refractivity (Wildman–Crippen MR) is 489 cm³/mol. The number of pyridine rings is 6. The summed E-state index contributed by atoms with van der Waals surface area (Å²) in [5, 5.41) is 8.18. The van der Waals surface area contributed by atoms with Gasteiger partial charge in [-0.05, 0) is 218 Å². The van der Waals surface area contributed by atoms with Crippen molar-refractivity contribution in [3.8, 4) is 112 Å². The first-order chi connectivity index (χ1) is 60.9. The Morgan fingerprint density at radius 3 is 1.33 bits per heavy atom. The summed E-state index contributed by atoms with van der Waals surface area (Å²) in [7, 11) is 0. The van der Waals surface area contributed by atoms with Crippen LogP contribution in [0.25, 0.3) is 158 Å². The van der Waals surface area contributed by atoms with Gasteiger partial charge in [0.2, 0.25) is 0 Å². The largest absolute Gasteiger partial charge is 0.348 e. The number of hydrogen-bond donors (Lipinski definition) is 2. The number of nitrogens with one attached hydrogen (secondary N) is 1. The highest BCUT2D eigenvalue weighted by atomic mass is 35.5. The second-order valence-electron chi connectivity index (χ2n) is 29.3. The lowest BCUT2D eigenvalue weighted by Crippen LogP contribution is -2.49. The van der Waals surface area contributed by atoms with E-state index in [0.29, 0.717) is 49.9 Å². The molecule has 0 spiro atoms. The van der Waals surface area contributed by atoms with Gasteiger partial charge in [0, 0.05) is 116 Å². The van der Waals surface area contributed by atoms with Gasteiger partial charge in [-0.3, -0.25) is 29.7 Å². The van der Waals surface area contributed by atoms with Gasteiger partial charge in [0.15, 0.2) is 17.5 Å². The van der Waals surface area contributed by atoms with Gasteiger partial charge in [-0.2, -0.15) is 5.10 Å². The fraction of sp³-hybridized carbons (Fsp3) is 0.0808. The molecule has 0 aliphatic heterocycles. The van der Waals surface area contributed by atoms with Crippen molar-refractivity contribution in [2.75, 3.05) is 0 Å². The Kier molecular flexibility index (Phi) is 25.0. The Labute approximate surface area is 733 Å². The number of carbonyl (C=O) groups excluding carboxylic acids is 1. The average molecular weight is 1750 g/mol. The number of aryl methyl sites for hydroxylation is 2. The standard InChI is InChI=1S/C26H26FN5O.C19H13FN2S.C18H11ClN2S.C18H9F3N2S.C18H10F2N2S/c1-16-13-18(8-9-21(16)27)25-19(5-4-11-29-25)17-10-12-32-24(14-17)20(15-30-32)26(33)31-23-7-3-2-6-22(23)28;1-12-4-6-16(20)15(9-12)19-14(3-2-8-21-19)13-5-7-17-18(10-13)23-11-22-17;19-14-4-1-3-13(9-14)18-15(5-2-8-20-18)12-6-7-16-17(10-12)22-11-21-16;19-13-6-11(7-14(20)17(13)21)18-12(2-1-5-22-18)10-3-4-15-16(8-10)24-9-23-15;19-12-4-5-14(15(20)9-12)18-13(2-1-7-21-18)11-3-6-16-17(8-11)23-10-22-16/h4-5,8-15,22-23H,2-3,6-7,28H2,1H3,(H,31,33);2-11H,1H3;1-11H;1-9H;1-10H/t22-,23-;;;;/m0..../s1. The molecule has 0 saturated heterocycles. The highest BCUT2D eigenvalue weighted by Crippen LogP contribution is 2.41. The number of amides is 1. The number of nitrogens with zero attached hydrogens (tertiary/aromatic N) is 11. The summed E-state index contributed by atoms with van der Waals surface area (Å²) < 4.78 is 102. The molecule has 125 heavy (non-hydrogen) atoms. The van der Waals surface area contributed by atoms with Crippen molar-refractivity contribution in [2.45, 2.75) is 51.6 Å². The van der Waals surface area contributed by atoms with Crippen molar-refractivity contribution in [3.05, 3.63) is 364 Å². The van der Waals surface area contributed by atoms with Gasteiger partial charge in [-0.25, -0.2) is 55.2 Å². The summed E-state index contributed by atoms with van der Waals surface area (Å²) in [6.07, 6.45) is 15.8. The van der Waals surface area contributed by atoms with Crippen LogP contribution in [0.1, 0.15) is 47.2 Å². The minimum Gasteiger partial charge on any atom is -0.348 e. The first kappa shape index (κ1) is 83.5. The maximum absolute atomic E-state index is 14.3. The van der Waals surface area contributed by atoms with E-state index in [2.05, 4.69) is 85.6 Å². The van der Waals surface area contributed by atoms with Crippen LogP contribution in [0.15, 0.2) is 302 Å². The minimum atomic E-state index is -1.48. The summed E-state index contributed by atoms with van der Waals surface area (Å²) in [5.41, 5.74) is 35.4. The number of halogens is 8. The Hall–Kier alpha value is -13.8. The molecule has 2 atom stereocenters. The van der Waals surface area contributed by atoms with Crippen LogP contribution < -0.4 is 11.1 Å². The van der Waals surface area contributed by atoms with E-state index in [1.165, 1.54) is 46.5 Å². The average Bonchev–Trinajstić information content (AvgIpc) is 1.74. The van der Waals surface area contributed by atoms with E-state index < -0.39 is 29.1 Å². The van der Waals surface area contributed by atoms with E-state index >= 15 is 0 Å². The molecule has 616 valence electrons. The van der Waals surface area contributed by atoms with Gasteiger partial charge in [0.25, 0.3) is 5.91 Å². The zero-order chi connectivity index (χ0) is 86.2. The molecule has 0 unspecified atom stereocenters. The van der Waals surface area contributed by atoms with Crippen LogP contribution in [0.3, 0.4) is 0 Å². The third-order valence-corrected chi connectivity index (χ3v) is 24.6. The van der Waals surface area contributed by atoms with Crippen molar-refractivity contribution in [2.24, 2.45) is 5.73 Å². The lowest BCUT2D eigenvalue weighted by molar-refractivity contribution is 0.0922. The Morgan fingerprint density at radius 2 is 0.840 bits per heavy atom. The van der Waals surface area contributed by atoms with Crippen LogP contribution in [0, 0.1) is 54.6 Å². The zero-order valence-corrected chi connectivity index (χ0v) is 70.4. The molecule has 20 aromatic rings. The van der Waals surface area contributed by atoms with Crippen molar-refractivity contribution in [3.63, 3.8) is 0 Å². The molecule has 14 nitrogen and oxygen atoms in total. The Morgan fingerprint density at radius 1 is 0.392 bits per heavy atom. The normalized spacial score (nSPS) is 13.0. The molecule has 0 bridgehead atoms. The summed E-state index contributed by atoms with van der Waals surface area (Å²) in [6, 6.07) is 70.1. The van der Waals surface area contributed by atoms with Crippen LogP contribution in [-0.4, -0.2) is 72.5 Å². The minimum absolute atomic E-state index is 0.0165. The maximum Gasteiger partial charge on any atom is 0.255 e. The lowest BCUT2D eigenvalue weighted by atomic mass is 9.91. The third kappa shape index (κ3) is 18.6. The molecule has 0 radical (unpaired) electrons. The predicted octanol–water partition coefficient (Wildman–Crippen LogP) is 26.4. The number of nitrogens with two attached hydrogens (primary N) is 1. The summed E-state index contributed by atoms with van der Waals surface area (Å²) in [4.78, 5) is 52.3. The van der Waals surface area contributed by atoms with Gasteiger partial charge >= 0.3 is 0 Å². The van der Waals surface area contributed by atoms with Crippen molar-refractivity contribution in [1.29, 1.82) is 0 Å². The molecule has 3 N–H and O–H groups in total. The molecule has 9 aromatic carbocycles.